The molecule has 0 saturated heterocycles. The first-order valence-corrected chi connectivity index (χ1v) is 8.64. The molecule has 1 aliphatic carbocycles. The molecule has 1 atom stereocenters. The number of carbonyl (C=O) groups is 1. The Kier molecular flexibility index (Phi) is 6.05. The van der Waals surface area contributed by atoms with Gasteiger partial charge < -0.3 is 10.6 Å². The van der Waals surface area contributed by atoms with Crippen molar-refractivity contribution in [3.05, 3.63) is 21.4 Å². The van der Waals surface area contributed by atoms with Crippen molar-refractivity contribution < 1.29 is 4.79 Å². The second-order valence-corrected chi connectivity index (χ2v) is 6.75. The summed E-state index contributed by atoms with van der Waals surface area (Å²) in [4.78, 5) is 14.5. The lowest BCUT2D eigenvalue weighted by atomic mass is 9.99. The second-order valence-electron chi connectivity index (χ2n) is 5.58. The van der Waals surface area contributed by atoms with E-state index in [1.807, 2.05) is 11.3 Å². The summed E-state index contributed by atoms with van der Waals surface area (Å²) in [5, 5.41) is 6.37. The quantitative estimate of drug-likeness (QED) is 0.811. The first kappa shape index (κ1) is 15.5. The molecule has 0 bridgehead atoms. The molecule has 2 N–H and O–H groups in total. The smallest absolute Gasteiger partial charge is 0.221 e. The molecule has 1 aromatic heterocycles. The van der Waals surface area contributed by atoms with E-state index in [0.717, 1.165) is 19.5 Å². The molecule has 1 amide bonds. The molecule has 1 aromatic rings. The Labute approximate surface area is 126 Å². The number of hydrogen-bond donors (Lipinski definition) is 2. The molecule has 0 aromatic carbocycles. The minimum atomic E-state index is 0.150. The van der Waals surface area contributed by atoms with E-state index in [-0.39, 0.29) is 5.91 Å². The summed E-state index contributed by atoms with van der Waals surface area (Å²) >= 11 is 1.95. The van der Waals surface area contributed by atoms with E-state index in [1.54, 1.807) is 10.4 Å². The van der Waals surface area contributed by atoms with E-state index in [9.17, 15) is 4.79 Å². The van der Waals surface area contributed by atoms with E-state index >= 15 is 0 Å². The van der Waals surface area contributed by atoms with Gasteiger partial charge in [-0.05, 0) is 50.7 Å². The molecule has 1 heterocycles. The lowest BCUT2D eigenvalue weighted by molar-refractivity contribution is -0.121. The van der Waals surface area contributed by atoms with Crippen LogP contribution in [0.2, 0.25) is 0 Å². The van der Waals surface area contributed by atoms with Gasteiger partial charge in [0.1, 0.15) is 0 Å². The van der Waals surface area contributed by atoms with Crippen molar-refractivity contribution in [3.63, 3.8) is 0 Å². The SMILES string of the molecule is CCCNC(=O)CCNC(C)c1cc2c(s1)CCCC2. The van der Waals surface area contributed by atoms with Crippen molar-refractivity contribution in [1.82, 2.24) is 10.6 Å². The predicted molar refractivity (Wildman–Crippen MR) is 85.3 cm³/mol. The number of fused-ring (bicyclic) bond motifs is 1. The van der Waals surface area contributed by atoms with Crippen LogP contribution in [0.5, 0.6) is 0 Å². The highest BCUT2D eigenvalue weighted by Crippen LogP contribution is 2.32. The van der Waals surface area contributed by atoms with Gasteiger partial charge in [0.2, 0.25) is 5.91 Å². The van der Waals surface area contributed by atoms with Crippen LogP contribution in [0.15, 0.2) is 6.07 Å². The molecule has 0 radical (unpaired) electrons. The van der Waals surface area contributed by atoms with Crippen LogP contribution in [0.1, 0.15) is 60.9 Å². The number of nitrogens with one attached hydrogen (secondary N) is 2. The molecule has 3 nitrogen and oxygen atoms in total. The lowest BCUT2D eigenvalue weighted by Crippen LogP contribution is -2.29. The maximum Gasteiger partial charge on any atom is 0.221 e. The second kappa shape index (κ2) is 7.79. The third kappa shape index (κ3) is 4.32. The molecule has 0 fully saturated rings. The van der Waals surface area contributed by atoms with Crippen LogP contribution < -0.4 is 10.6 Å². The van der Waals surface area contributed by atoms with Gasteiger partial charge in [0, 0.05) is 35.3 Å². The number of carbonyl (C=O) groups excluding carboxylic acids is 1. The Bertz CT molecular complexity index is 418. The van der Waals surface area contributed by atoms with Gasteiger partial charge in [-0.1, -0.05) is 6.92 Å². The monoisotopic (exact) mass is 294 g/mol. The van der Waals surface area contributed by atoms with Crippen molar-refractivity contribution in [1.29, 1.82) is 0 Å². The zero-order valence-electron chi connectivity index (χ0n) is 12.6. The van der Waals surface area contributed by atoms with Crippen LogP contribution in [0.3, 0.4) is 0 Å². The summed E-state index contributed by atoms with van der Waals surface area (Å²) in [6.07, 6.45) is 6.74. The average molecular weight is 294 g/mol. The first-order valence-electron chi connectivity index (χ1n) is 7.82. The highest BCUT2D eigenvalue weighted by Gasteiger charge is 2.16. The normalized spacial score (nSPS) is 15.7. The average Bonchev–Trinajstić information content (AvgIpc) is 2.89. The van der Waals surface area contributed by atoms with Gasteiger partial charge in [-0.15, -0.1) is 11.3 Å². The Balaban J connectivity index is 1.75. The summed E-state index contributed by atoms with van der Waals surface area (Å²) in [6, 6.07) is 2.72. The molecule has 20 heavy (non-hydrogen) atoms. The Morgan fingerprint density at radius 2 is 2.15 bits per heavy atom. The van der Waals surface area contributed by atoms with Gasteiger partial charge in [0.05, 0.1) is 0 Å². The molecule has 1 unspecified atom stereocenters. The maximum absolute atomic E-state index is 11.5. The summed E-state index contributed by atoms with van der Waals surface area (Å²) in [7, 11) is 0. The maximum atomic E-state index is 11.5. The number of hydrogen-bond acceptors (Lipinski definition) is 3. The third-order valence-electron chi connectivity index (χ3n) is 3.82. The minimum Gasteiger partial charge on any atom is -0.356 e. The van der Waals surface area contributed by atoms with E-state index in [1.165, 1.54) is 30.6 Å². The van der Waals surface area contributed by atoms with E-state index in [0.29, 0.717) is 12.5 Å². The fraction of sp³-hybridized carbons (Fsp3) is 0.688. The molecule has 1 aliphatic rings. The van der Waals surface area contributed by atoms with Crippen molar-refractivity contribution in [2.75, 3.05) is 13.1 Å². The zero-order chi connectivity index (χ0) is 14.4. The van der Waals surface area contributed by atoms with Gasteiger partial charge in [-0.3, -0.25) is 4.79 Å². The summed E-state index contributed by atoms with van der Waals surface area (Å²) in [6.45, 7) is 5.80. The van der Waals surface area contributed by atoms with Crippen LogP contribution in [0.25, 0.3) is 0 Å². The number of aryl methyl sites for hydroxylation is 2. The molecule has 0 aliphatic heterocycles. The highest BCUT2D eigenvalue weighted by molar-refractivity contribution is 7.12. The Morgan fingerprint density at radius 3 is 2.90 bits per heavy atom. The molecular weight excluding hydrogens is 268 g/mol. The molecule has 0 spiro atoms. The molecule has 0 saturated carbocycles. The predicted octanol–water partition coefficient (Wildman–Crippen LogP) is 3.19. The Morgan fingerprint density at radius 1 is 1.35 bits per heavy atom. The van der Waals surface area contributed by atoms with Gasteiger partial charge in [0.15, 0.2) is 0 Å². The van der Waals surface area contributed by atoms with Crippen molar-refractivity contribution >= 4 is 17.2 Å². The number of thiophene rings is 1. The topological polar surface area (TPSA) is 41.1 Å². The van der Waals surface area contributed by atoms with Crippen molar-refractivity contribution in [3.8, 4) is 0 Å². The van der Waals surface area contributed by atoms with Gasteiger partial charge >= 0.3 is 0 Å². The van der Waals surface area contributed by atoms with Crippen molar-refractivity contribution in [2.45, 2.75) is 58.4 Å². The fourth-order valence-electron chi connectivity index (χ4n) is 2.58. The largest absolute Gasteiger partial charge is 0.356 e. The van der Waals surface area contributed by atoms with Gasteiger partial charge in [-0.25, -0.2) is 0 Å². The summed E-state index contributed by atoms with van der Waals surface area (Å²) in [5.74, 6) is 0.150. The van der Waals surface area contributed by atoms with Crippen LogP contribution in [0.4, 0.5) is 0 Å². The van der Waals surface area contributed by atoms with Gasteiger partial charge in [0.25, 0.3) is 0 Å². The fourth-order valence-corrected chi connectivity index (χ4v) is 3.87. The molecule has 4 heteroatoms. The standard InChI is InChI=1S/C16H26N2OS/c1-3-9-18-16(19)8-10-17-12(2)15-11-13-6-4-5-7-14(13)20-15/h11-12,17H,3-10H2,1-2H3,(H,18,19). The van der Waals surface area contributed by atoms with Crippen LogP contribution in [-0.4, -0.2) is 19.0 Å². The van der Waals surface area contributed by atoms with E-state index < -0.39 is 0 Å². The minimum absolute atomic E-state index is 0.150. The lowest BCUT2D eigenvalue weighted by Gasteiger charge is -2.11. The Hall–Kier alpha value is -0.870. The summed E-state index contributed by atoms with van der Waals surface area (Å²) < 4.78 is 0. The van der Waals surface area contributed by atoms with E-state index in [2.05, 4.69) is 30.5 Å². The zero-order valence-corrected chi connectivity index (χ0v) is 13.4. The van der Waals surface area contributed by atoms with E-state index in [4.69, 9.17) is 0 Å². The number of amides is 1. The molecule has 112 valence electrons. The highest BCUT2D eigenvalue weighted by atomic mass is 32.1. The number of rotatable bonds is 7. The third-order valence-corrected chi connectivity index (χ3v) is 5.24. The van der Waals surface area contributed by atoms with Gasteiger partial charge in [-0.2, -0.15) is 0 Å². The van der Waals surface area contributed by atoms with Crippen LogP contribution >= 0.6 is 11.3 Å². The first-order chi connectivity index (χ1) is 9.70. The van der Waals surface area contributed by atoms with Crippen molar-refractivity contribution in [2.24, 2.45) is 0 Å². The molecule has 2 rings (SSSR count). The van der Waals surface area contributed by atoms with Crippen LogP contribution in [0, 0.1) is 0 Å². The molecular formula is C16H26N2OS. The van der Waals surface area contributed by atoms with Crippen LogP contribution in [-0.2, 0) is 17.6 Å². The summed E-state index contributed by atoms with van der Waals surface area (Å²) in [5.41, 5.74) is 1.56.